The summed E-state index contributed by atoms with van der Waals surface area (Å²) < 4.78 is 27.2. The molecule has 0 saturated carbocycles. The number of nitrogens with two attached hydrogens (primary N) is 1. The van der Waals surface area contributed by atoms with Crippen LogP contribution in [0.5, 0.6) is 5.75 Å². The first-order valence-corrected chi connectivity index (χ1v) is 17.3. The topological polar surface area (TPSA) is 158 Å². The Morgan fingerprint density at radius 3 is 2.49 bits per heavy atom. The molecule has 1 unspecified atom stereocenters. The second kappa shape index (κ2) is 15.2. The van der Waals surface area contributed by atoms with E-state index < -0.39 is 34.8 Å². The fourth-order valence-electron chi connectivity index (χ4n) is 6.87. The summed E-state index contributed by atoms with van der Waals surface area (Å²) in [5, 5.41) is 2.73. The summed E-state index contributed by atoms with van der Waals surface area (Å²) in [6, 6.07) is 8.59. The largest absolute Gasteiger partial charge is 0.497 e. The third-order valence-electron chi connectivity index (χ3n) is 9.74. The van der Waals surface area contributed by atoms with Gasteiger partial charge in [0.15, 0.2) is 0 Å². The van der Waals surface area contributed by atoms with Gasteiger partial charge in [-0.1, -0.05) is 30.7 Å². The van der Waals surface area contributed by atoms with Crippen LogP contribution in [0.4, 0.5) is 19.7 Å². The smallest absolute Gasteiger partial charge is 0.405 e. The van der Waals surface area contributed by atoms with Gasteiger partial charge in [0.1, 0.15) is 23.7 Å². The monoisotopic (exact) mass is 726 g/mol. The first-order chi connectivity index (χ1) is 24.1. The molecule has 3 aromatic rings. The van der Waals surface area contributed by atoms with E-state index >= 15 is 0 Å². The number of primary amides is 1. The molecule has 1 fully saturated rings. The SMILES string of the molecule is COc1ccc2c(c1)C(C)CN(C1CCN(C(=O)Cn3cc(-c4cccc(F)c4Cl)c(=O)n([C@@H](C)CCC(C)(C)OC(N)=O)c3=O)CC1)C(=O)N2. The Morgan fingerprint density at radius 2 is 1.82 bits per heavy atom. The summed E-state index contributed by atoms with van der Waals surface area (Å²) in [6.07, 6.45) is 1.85. The fourth-order valence-corrected chi connectivity index (χ4v) is 7.10. The second-order valence-corrected chi connectivity index (χ2v) is 14.2. The number of rotatable bonds is 10. The maximum atomic E-state index is 14.5. The van der Waals surface area contributed by atoms with E-state index in [0.717, 1.165) is 26.5 Å². The summed E-state index contributed by atoms with van der Waals surface area (Å²) >= 11 is 6.28. The predicted octanol–water partition coefficient (Wildman–Crippen LogP) is 5.34. The van der Waals surface area contributed by atoms with Crippen molar-refractivity contribution in [2.45, 2.75) is 83.5 Å². The highest BCUT2D eigenvalue weighted by Crippen LogP contribution is 2.34. The summed E-state index contributed by atoms with van der Waals surface area (Å²) in [5.41, 5.74) is 4.54. The van der Waals surface area contributed by atoms with Crippen LogP contribution in [0.2, 0.25) is 5.02 Å². The minimum atomic E-state index is -0.974. The van der Waals surface area contributed by atoms with Crippen LogP contribution in [0.1, 0.15) is 70.9 Å². The highest BCUT2D eigenvalue weighted by Gasteiger charge is 2.34. The number of carbonyl (C=O) groups is 3. The molecule has 274 valence electrons. The number of hydrogen-bond acceptors (Lipinski definition) is 7. The molecule has 2 aliphatic heterocycles. The van der Waals surface area contributed by atoms with E-state index in [4.69, 9.17) is 26.8 Å². The summed E-state index contributed by atoms with van der Waals surface area (Å²) in [6.45, 7) is 7.85. The van der Waals surface area contributed by atoms with Gasteiger partial charge >= 0.3 is 17.8 Å². The quantitative estimate of drug-likeness (QED) is 0.286. The fraction of sp³-hybridized carbons (Fsp3) is 0.472. The third kappa shape index (κ3) is 8.22. The van der Waals surface area contributed by atoms with Crippen molar-refractivity contribution in [1.29, 1.82) is 0 Å². The number of anilines is 1. The van der Waals surface area contributed by atoms with Crippen LogP contribution in [0.15, 0.2) is 52.2 Å². The second-order valence-electron chi connectivity index (χ2n) is 13.8. The summed E-state index contributed by atoms with van der Waals surface area (Å²) in [5.74, 6) is -0.342. The molecule has 0 bridgehead atoms. The van der Waals surface area contributed by atoms with E-state index in [1.165, 1.54) is 18.3 Å². The number of piperidine rings is 1. The Kier molecular flexibility index (Phi) is 11.1. The number of benzene rings is 2. The first kappa shape index (κ1) is 37.4. The lowest BCUT2D eigenvalue weighted by molar-refractivity contribution is -0.133. The molecular formula is C36H44ClFN6O7. The zero-order valence-electron chi connectivity index (χ0n) is 29.4. The number of likely N-dealkylation sites (tertiary alicyclic amines) is 1. The van der Waals surface area contributed by atoms with E-state index in [2.05, 4.69) is 12.2 Å². The third-order valence-corrected chi connectivity index (χ3v) is 10.1. The molecule has 3 N–H and O–H groups in total. The van der Waals surface area contributed by atoms with Gasteiger partial charge in [-0.3, -0.25) is 18.7 Å². The molecular weight excluding hydrogens is 683 g/mol. The van der Waals surface area contributed by atoms with Crippen LogP contribution in [-0.4, -0.2) is 75.4 Å². The van der Waals surface area contributed by atoms with Crippen molar-refractivity contribution in [3.05, 3.63) is 79.8 Å². The molecule has 1 aromatic heterocycles. The number of urea groups is 1. The lowest BCUT2D eigenvalue weighted by Crippen LogP contribution is -2.51. The number of carbonyl (C=O) groups excluding carboxylic acids is 3. The maximum Gasteiger partial charge on any atom is 0.405 e. The number of nitrogens with one attached hydrogen (secondary N) is 1. The van der Waals surface area contributed by atoms with Crippen LogP contribution in [0.25, 0.3) is 11.1 Å². The maximum absolute atomic E-state index is 14.5. The number of aromatic nitrogens is 2. The Morgan fingerprint density at radius 1 is 1.12 bits per heavy atom. The van der Waals surface area contributed by atoms with Crippen LogP contribution in [0, 0.1) is 5.82 Å². The number of fused-ring (bicyclic) bond motifs is 1. The van der Waals surface area contributed by atoms with E-state index in [1.807, 2.05) is 23.1 Å². The highest BCUT2D eigenvalue weighted by atomic mass is 35.5. The van der Waals surface area contributed by atoms with Gasteiger partial charge in [-0.05, 0) is 76.3 Å². The summed E-state index contributed by atoms with van der Waals surface area (Å²) in [4.78, 5) is 69.5. The first-order valence-electron chi connectivity index (χ1n) is 16.9. The zero-order valence-corrected chi connectivity index (χ0v) is 30.2. The molecule has 2 aliphatic rings. The number of amides is 4. The molecule has 2 atom stereocenters. The van der Waals surface area contributed by atoms with Crippen molar-refractivity contribution in [3.8, 4) is 16.9 Å². The van der Waals surface area contributed by atoms with Gasteiger partial charge in [0.2, 0.25) is 5.91 Å². The molecule has 0 aliphatic carbocycles. The Labute approximate surface area is 300 Å². The highest BCUT2D eigenvalue weighted by molar-refractivity contribution is 6.33. The minimum Gasteiger partial charge on any atom is -0.497 e. The number of hydrogen-bond donors (Lipinski definition) is 2. The molecule has 5 rings (SSSR count). The van der Waals surface area contributed by atoms with E-state index in [0.29, 0.717) is 38.2 Å². The standard InChI is InChI=1S/C36H44ClFN6O7/c1-21-18-43(34(48)40-29-10-9-24(50-5)17-26(21)29)23-12-15-41(16-13-23)30(45)20-42-19-27(25-7-6-8-28(38)31(25)37)32(46)44(35(42)49)22(2)11-14-36(3,4)51-33(39)47/h6-10,17,19,21-23H,11-16,18,20H2,1-5H3,(H2,39,47)(H,40,48)/t21?,22-/m0/s1. The molecule has 2 aromatic carbocycles. The molecule has 51 heavy (non-hydrogen) atoms. The van der Waals surface area contributed by atoms with Gasteiger partial charge < -0.3 is 30.3 Å². The molecule has 3 heterocycles. The Hall–Kier alpha value is -4.85. The van der Waals surface area contributed by atoms with Crippen molar-refractivity contribution in [2.24, 2.45) is 5.73 Å². The van der Waals surface area contributed by atoms with Crippen LogP contribution in [0.3, 0.4) is 0 Å². The number of halogens is 2. The molecule has 15 heteroatoms. The average Bonchev–Trinajstić information content (AvgIpc) is 3.20. The average molecular weight is 727 g/mol. The Bertz CT molecular complexity index is 1940. The van der Waals surface area contributed by atoms with Gasteiger partial charge in [-0.15, -0.1) is 0 Å². The lowest BCUT2D eigenvalue weighted by Gasteiger charge is -2.38. The molecule has 0 spiro atoms. The molecule has 13 nitrogen and oxygen atoms in total. The van der Waals surface area contributed by atoms with Gasteiger partial charge in [-0.2, -0.15) is 0 Å². The molecule has 0 radical (unpaired) electrons. The van der Waals surface area contributed by atoms with E-state index in [-0.39, 0.29) is 59.4 Å². The van der Waals surface area contributed by atoms with Gasteiger partial charge in [0.05, 0.1) is 17.7 Å². The number of methoxy groups -OCH3 is 1. The minimum absolute atomic E-state index is 0.0428. The predicted molar refractivity (Wildman–Crippen MR) is 191 cm³/mol. The van der Waals surface area contributed by atoms with Crippen molar-refractivity contribution >= 4 is 35.3 Å². The van der Waals surface area contributed by atoms with Gasteiger partial charge in [0, 0.05) is 55.1 Å². The van der Waals surface area contributed by atoms with Gasteiger partial charge in [0.25, 0.3) is 5.56 Å². The van der Waals surface area contributed by atoms with E-state index in [9.17, 15) is 28.4 Å². The van der Waals surface area contributed by atoms with Crippen LogP contribution < -0.4 is 27.0 Å². The molecule has 4 amide bonds. The normalized spacial score (nSPS) is 17.3. The van der Waals surface area contributed by atoms with Crippen molar-refractivity contribution < 1.29 is 28.2 Å². The van der Waals surface area contributed by atoms with Crippen molar-refractivity contribution in [2.75, 3.05) is 32.1 Å². The van der Waals surface area contributed by atoms with Gasteiger partial charge in [-0.25, -0.2) is 18.8 Å². The van der Waals surface area contributed by atoms with E-state index in [1.54, 1.807) is 32.8 Å². The summed E-state index contributed by atoms with van der Waals surface area (Å²) in [7, 11) is 1.60. The Balaban J connectivity index is 1.35. The lowest BCUT2D eigenvalue weighted by atomic mass is 9.97. The molecule has 1 saturated heterocycles. The zero-order chi connectivity index (χ0) is 37.2. The number of nitrogens with zero attached hydrogens (tertiary/aromatic N) is 4. The van der Waals surface area contributed by atoms with Crippen LogP contribution in [-0.2, 0) is 16.1 Å². The van der Waals surface area contributed by atoms with Crippen LogP contribution >= 0.6 is 11.6 Å². The van der Waals surface area contributed by atoms with Crippen molar-refractivity contribution in [1.82, 2.24) is 18.9 Å². The number of ether oxygens (including phenoxy) is 2. The van der Waals surface area contributed by atoms with Crippen molar-refractivity contribution in [3.63, 3.8) is 0 Å².